The van der Waals surface area contributed by atoms with Crippen LogP contribution in [0.3, 0.4) is 0 Å². The van der Waals surface area contributed by atoms with E-state index in [2.05, 4.69) is 17.4 Å². The highest BCUT2D eigenvalue weighted by Crippen LogP contribution is 2.34. The lowest BCUT2D eigenvalue weighted by atomic mass is 9.83. The Balaban J connectivity index is 0.00000272. The van der Waals surface area contributed by atoms with Crippen molar-refractivity contribution in [1.29, 1.82) is 0 Å². The van der Waals surface area contributed by atoms with Crippen molar-refractivity contribution in [2.45, 2.75) is 57.4 Å². The zero-order valence-corrected chi connectivity index (χ0v) is 18.9. The molecule has 0 radical (unpaired) electrons. The summed E-state index contributed by atoms with van der Waals surface area (Å²) >= 11 is 0. The number of hydrogen-bond donors (Lipinski definition) is 1. The number of fused-ring (bicyclic) bond motifs is 1. The van der Waals surface area contributed by atoms with E-state index in [9.17, 15) is 14.4 Å². The smallest absolute Gasteiger partial charge is 0.331 e. The number of ether oxygens (including phenoxy) is 1. The van der Waals surface area contributed by atoms with Crippen LogP contribution in [0.4, 0.5) is 10.5 Å². The topological polar surface area (TPSA) is 79.0 Å². The minimum Gasteiger partial charge on any atom is -0.469 e. The highest BCUT2D eigenvalue weighted by atomic mass is 35.5. The Kier molecular flexibility index (Phi) is 7.94. The number of urea groups is 1. The highest BCUT2D eigenvalue weighted by molar-refractivity contribution is 6.12. The van der Waals surface area contributed by atoms with Gasteiger partial charge < -0.3 is 10.1 Å². The number of carbonyl (C=O) groups is 3. The molecule has 3 amide bonds. The minimum atomic E-state index is -0.190. The lowest BCUT2D eigenvalue weighted by molar-refractivity contribution is -0.141. The largest absolute Gasteiger partial charge is 0.469 e. The molecule has 1 saturated heterocycles. The first-order valence-corrected chi connectivity index (χ1v) is 11.1. The quantitative estimate of drug-likeness (QED) is 0.552. The SMILES string of the molecule is COC(=O)CC[C@H]1CC[C@H](N2C(=O)CN(c3ccc4c(c3)CCNCC4)C2=O)CC1.Cl. The van der Waals surface area contributed by atoms with Gasteiger partial charge in [0.25, 0.3) is 5.91 Å². The molecule has 31 heavy (non-hydrogen) atoms. The molecule has 0 atom stereocenters. The van der Waals surface area contributed by atoms with Gasteiger partial charge >= 0.3 is 12.0 Å². The fourth-order valence-electron chi connectivity index (χ4n) is 5.02. The number of nitrogens with zero attached hydrogens (tertiary/aromatic N) is 2. The van der Waals surface area contributed by atoms with Crippen molar-refractivity contribution < 1.29 is 19.1 Å². The fraction of sp³-hybridized carbons (Fsp3) is 0.609. The van der Waals surface area contributed by atoms with Crippen molar-refractivity contribution >= 4 is 36.0 Å². The molecule has 1 N–H and O–H groups in total. The molecule has 1 aromatic carbocycles. The number of halogens is 1. The third kappa shape index (κ3) is 5.21. The maximum absolute atomic E-state index is 13.1. The Labute approximate surface area is 189 Å². The summed E-state index contributed by atoms with van der Waals surface area (Å²) in [6, 6.07) is 5.94. The third-order valence-corrected chi connectivity index (χ3v) is 6.81. The van der Waals surface area contributed by atoms with Gasteiger partial charge in [0, 0.05) is 18.2 Å². The normalized spacial score (nSPS) is 23.8. The molecule has 1 aliphatic carbocycles. The lowest BCUT2D eigenvalue weighted by Gasteiger charge is -2.33. The number of benzene rings is 1. The molecule has 1 saturated carbocycles. The Morgan fingerprint density at radius 1 is 1.10 bits per heavy atom. The molecular weight excluding hydrogens is 418 g/mol. The summed E-state index contributed by atoms with van der Waals surface area (Å²) in [6.45, 7) is 2.04. The summed E-state index contributed by atoms with van der Waals surface area (Å²) in [5.41, 5.74) is 3.41. The summed E-state index contributed by atoms with van der Waals surface area (Å²) in [4.78, 5) is 40.4. The number of amides is 3. The molecule has 2 heterocycles. The van der Waals surface area contributed by atoms with Crippen LogP contribution < -0.4 is 10.2 Å². The van der Waals surface area contributed by atoms with Crippen molar-refractivity contribution in [1.82, 2.24) is 10.2 Å². The zero-order chi connectivity index (χ0) is 21.1. The summed E-state index contributed by atoms with van der Waals surface area (Å²) < 4.78 is 4.72. The summed E-state index contributed by atoms with van der Waals surface area (Å²) in [7, 11) is 1.41. The van der Waals surface area contributed by atoms with Gasteiger partial charge in [-0.25, -0.2) is 4.79 Å². The van der Waals surface area contributed by atoms with Crippen molar-refractivity contribution in [3.63, 3.8) is 0 Å². The molecule has 1 aromatic rings. The van der Waals surface area contributed by atoms with E-state index in [1.807, 2.05) is 6.07 Å². The van der Waals surface area contributed by atoms with Gasteiger partial charge in [-0.2, -0.15) is 0 Å². The van der Waals surface area contributed by atoms with E-state index in [0.717, 1.165) is 63.7 Å². The van der Waals surface area contributed by atoms with Crippen molar-refractivity contribution in [3.8, 4) is 0 Å². The zero-order valence-electron chi connectivity index (χ0n) is 18.1. The third-order valence-electron chi connectivity index (χ3n) is 6.81. The first kappa shape index (κ1) is 23.5. The molecule has 7 nitrogen and oxygen atoms in total. The average Bonchev–Trinajstić information content (AvgIpc) is 2.93. The summed E-state index contributed by atoms with van der Waals surface area (Å²) in [6.07, 6.45) is 6.69. The van der Waals surface area contributed by atoms with Gasteiger partial charge in [0.15, 0.2) is 0 Å². The molecule has 170 valence electrons. The number of anilines is 1. The number of rotatable bonds is 5. The van der Waals surface area contributed by atoms with E-state index in [4.69, 9.17) is 4.74 Å². The molecule has 0 unspecified atom stereocenters. The Bertz CT molecular complexity index is 823. The molecule has 0 aromatic heterocycles. The maximum atomic E-state index is 13.1. The van der Waals surface area contributed by atoms with E-state index >= 15 is 0 Å². The molecule has 2 aliphatic heterocycles. The Hall–Kier alpha value is -2.12. The molecule has 3 aliphatic rings. The van der Waals surface area contributed by atoms with Crippen LogP contribution in [-0.2, 0) is 27.2 Å². The van der Waals surface area contributed by atoms with Crippen molar-refractivity contribution in [2.24, 2.45) is 5.92 Å². The molecule has 4 rings (SSSR count). The maximum Gasteiger partial charge on any atom is 0.331 e. The van der Waals surface area contributed by atoms with Crippen LogP contribution in [0, 0.1) is 5.92 Å². The first-order chi connectivity index (χ1) is 14.6. The lowest BCUT2D eigenvalue weighted by Crippen LogP contribution is -2.43. The number of carbonyl (C=O) groups excluding carboxylic acids is 3. The number of methoxy groups -OCH3 is 1. The van der Waals surface area contributed by atoms with Crippen LogP contribution in [0.15, 0.2) is 18.2 Å². The fourth-order valence-corrected chi connectivity index (χ4v) is 5.02. The number of nitrogens with one attached hydrogen (secondary N) is 1. The van der Waals surface area contributed by atoms with Crippen LogP contribution in [0.2, 0.25) is 0 Å². The Morgan fingerprint density at radius 2 is 1.81 bits per heavy atom. The van der Waals surface area contributed by atoms with E-state index in [1.54, 1.807) is 4.90 Å². The second-order valence-corrected chi connectivity index (χ2v) is 8.62. The number of esters is 1. The minimum absolute atomic E-state index is 0. The van der Waals surface area contributed by atoms with Crippen molar-refractivity contribution in [2.75, 3.05) is 31.6 Å². The van der Waals surface area contributed by atoms with Crippen LogP contribution >= 0.6 is 12.4 Å². The molecule has 0 bridgehead atoms. The van der Waals surface area contributed by atoms with E-state index in [-0.39, 0.29) is 42.9 Å². The molecule has 8 heteroatoms. The summed E-state index contributed by atoms with van der Waals surface area (Å²) in [5, 5.41) is 3.40. The van der Waals surface area contributed by atoms with Gasteiger partial charge in [-0.15, -0.1) is 12.4 Å². The van der Waals surface area contributed by atoms with E-state index in [1.165, 1.54) is 23.1 Å². The van der Waals surface area contributed by atoms with Gasteiger partial charge in [-0.1, -0.05) is 6.07 Å². The van der Waals surface area contributed by atoms with Crippen LogP contribution in [-0.4, -0.2) is 55.6 Å². The molecule has 0 spiro atoms. The second-order valence-electron chi connectivity index (χ2n) is 8.62. The molecule has 2 fully saturated rings. The van der Waals surface area contributed by atoms with Crippen LogP contribution in [0.25, 0.3) is 0 Å². The summed E-state index contributed by atoms with van der Waals surface area (Å²) in [5.74, 6) is 0.186. The van der Waals surface area contributed by atoms with E-state index < -0.39 is 0 Å². The van der Waals surface area contributed by atoms with Gasteiger partial charge in [0.05, 0.1) is 7.11 Å². The van der Waals surface area contributed by atoms with Gasteiger partial charge in [-0.3, -0.25) is 19.4 Å². The monoisotopic (exact) mass is 449 g/mol. The number of hydrogen-bond acceptors (Lipinski definition) is 5. The predicted octanol–water partition coefficient (Wildman–Crippen LogP) is 3.08. The molecular formula is C23H32ClN3O4. The van der Waals surface area contributed by atoms with Gasteiger partial charge in [0.1, 0.15) is 6.54 Å². The van der Waals surface area contributed by atoms with Gasteiger partial charge in [0.2, 0.25) is 0 Å². The number of imide groups is 1. The predicted molar refractivity (Wildman–Crippen MR) is 121 cm³/mol. The second kappa shape index (κ2) is 10.5. The standard InChI is InChI=1S/C23H31N3O4.ClH/c1-30-22(28)9-4-16-2-6-19(7-3-16)26-21(27)15-25(23(26)29)20-8-5-17-10-12-24-13-11-18(17)14-20;/h5,8,14,16,19,24H,2-4,6-7,9-13,15H2,1H3;1H/t16-,19-;. The van der Waals surface area contributed by atoms with E-state index in [0.29, 0.717) is 12.3 Å². The van der Waals surface area contributed by atoms with Gasteiger partial charge in [-0.05, 0) is 87.2 Å². The average molecular weight is 450 g/mol. The Morgan fingerprint density at radius 3 is 2.52 bits per heavy atom. The van der Waals surface area contributed by atoms with Crippen LogP contribution in [0.5, 0.6) is 0 Å². The van der Waals surface area contributed by atoms with Crippen LogP contribution in [0.1, 0.15) is 49.7 Å². The highest BCUT2D eigenvalue weighted by Gasteiger charge is 2.42. The van der Waals surface area contributed by atoms with Crippen molar-refractivity contribution in [3.05, 3.63) is 29.3 Å². The first-order valence-electron chi connectivity index (χ1n) is 11.1.